The number of rotatable bonds is 2. The van der Waals surface area contributed by atoms with Crippen LogP contribution in [-0.2, 0) is 9.84 Å². The Labute approximate surface area is 101 Å². The Morgan fingerprint density at radius 2 is 2.06 bits per heavy atom. The zero-order chi connectivity index (χ0) is 11.6. The van der Waals surface area contributed by atoms with Crippen molar-refractivity contribution in [3.8, 4) is 0 Å². The van der Waals surface area contributed by atoms with Crippen molar-refractivity contribution >= 4 is 21.4 Å². The minimum atomic E-state index is -3.29. The smallest absolute Gasteiger partial charge is 0.183 e. The molecule has 0 spiro atoms. The average molecular weight is 260 g/mol. The van der Waals surface area contributed by atoms with Crippen LogP contribution >= 0.6 is 11.6 Å². The fourth-order valence-corrected chi connectivity index (χ4v) is 4.18. The quantitative estimate of drug-likeness (QED) is 0.882. The fourth-order valence-electron chi connectivity index (χ4n) is 1.94. The lowest BCUT2D eigenvalue weighted by Gasteiger charge is -2.23. The van der Waals surface area contributed by atoms with E-state index in [0.29, 0.717) is 18.0 Å². The zero-order valence-corrected chi connectivity index (χ0v) is 10.4. The van der Waals surface area contributed by atoms with E-state index in [2.05, 4.69) is 5.32 Å². The van der Waals surface area contributed by atoms with Crippen molar-refractivity contribution in [3.63, 3.8) is 0 Å². The fraction of sp³-hybridized carbons (Fsp3) is 0.455. The summed E-state index contributed by atoms with van der Waals surface area (Å²) >= 11 is 5.93. The van der Waals surface area contributed by atoms with Crippen LogP contribution in [0.5, 0.6) is 0 Å². The summed E-state index contributed by atoms with van der Waals surface area (Å²) in [5.74, 6) is 0. The van der Waals surface area contributed by atoms with Gasteiger partial charge in [-0.25, -0.2) is 8.42 Å². The molecule has 1 atom stereocenters. The standard InChI is InChI=1S/C11H14ClNO2S/c12-10-5-1-2-6-11(10)16(14,15)9-4-3-7-13-8-9/h1-2,5-6,9,13H,3-4,7-8H2. The van der Waals surface area contributed by atoms with Crippen LogP contribution in [0.3, 0.4) is 0 Å². The van der Waals surface area contributed by atoms with Crippen molar-refractivity contribution in [1.29, 1.82) is 0 Å². The maximum atomic E-state index is 12.3. The van der Waals surface area contributed by atoms with Crippen molar-refractivity contribution in [2.75, 3.05) is 13.1 Å². The average Bonchev–Trinajstić information content (AvgIpc) is 2.30. The topological polar surface area (TPSA) is 46.2 Å². The number of piperidine rings is 1. The Hall–Kier alpha value is -0.580. The first-order valence-corrected chi connectivity index (χ1v) is 7.24. The summed E-state index contributed by atoms with van der Waals surface area (Å²) < 4.78 is 24.6. The van der Waals surface area contributed by atoms with E-state index in [1.54, 1.807) is 24.3 Å². The van der Waals surface area contributed by atoms with Gasteiger partial charge in [0.05, 0.1) is 15.2 Å². The molecule has 1 aliphatic heterocycles. The third kappa shape index (κ3) is 2.24. The molecule has 0 bridgehead atoms. The van der Waals surface area contributed by atoms with Gasteiger partial charge in [0.25, 0.3) is 0 Å². The molecule has 5 heteroatoms. The highest BCUT2D eigenvalue weighted by atomic mass is 35.5. The molecule has 2 rings (SSSR count). The van der Waals surface area contributed by atoms with Gasteiger partial charge in [-0.2, -0.15) is 0 Å². The van der Waals surface area contributed by atoms with Gasteiger partial charge < -0.3 is 5.32 Å². The molecule has 0 saturated carbocycles. The summed E-state index contributed by atoms with van der Waals surface area (Å²) in [7, 11) is -3.29. The van der Waals surface area contributed by atoms with Crippen LogP contribution in [0.25, 0.3) is 0 Å². The molecule has 0 aromatic heterocycles. The number of sulfone groups is 1. The van der Waals surface area contributed by atoms with Gasteiger partial charge in [0.2, 0.25) is 0 Å². The van der Waals surface area contributed by atoms with E-state index in [1.807, 2.05) is 0 Å². The Bertz CT molecular complexity index is 467. The van der Waals surface area contributed by atoms with Crippen LogP contribution < -0.4 is 5.32 Å². The molecule has 0 aliphatic carbocycles. The molecule has 16 heavy (non-hydrogen) atoms. The summed E-state index contributed by atoms with van der Waals surface area (Å²) in [6, 6.07) is 6.63. The van der Waals surface area contributed by atoms with E-state index in [4.69, 9.17) is 11.6 Å². The Morgan fingerprint density at radius 3 is 2.69 bits per heavy atom. The van der Waals surface area contributed by atoms with E-state index in [-0.39, 0.29) is 10.1 Å². The monoisotopic (exact) mass is 259 g/mol. The summed E-state index contributed by atoms with van der Waals surface area (Å²) in [6.45, 7) is 1.42. The minimum absolute atomic E-state index is 0.255. The van der Waals surface area contributed by atoms with Crippen LogP contribution in [0.2, 0.25) is 5.02 Å². The Balaban J connectivity index is 2.35. The molecule has 1 saturated heterocycles. The highest BCUT2D eigenvalue weighted by Gasteiger charge is 2.30. The van der Waals surface area contributed by atoms with Crippen molar-refractivity contribution in [1.82, 2.24) is 5.32 Å². The van der Waals surface area contributed by atoms with Gasteiger partial charge in [-0.05, 0) is 31.5 Å². The van der Waals surface area contributed by atoms with Gasteiger partial charge in [0, 0.05) is 6.54 Å². The molecule has 1 heterocycles. The molecule has 1 aliphatic rings. The second kappa shape index (κ2) is 4.73. The Morgan fingerprint density at radius 1 is 1.31 bits per heavy atom. The molecule has 1 aromatic carbocycles. The van der Waals surface area contributed by atoms with Crippen LogP contribution in [0, 0.1) is 0 Å². The predicted octanol–water partition coefficient (Wildman–Crippen LogP) is 1.87. The molecular weight excluding hydrogens is 246 g/mol. The lowest BCUT2D eigenvalue weighted by molar-refractivity contribution is 0.497. The van der Waals surface area contributed by atoms with Gasteiger partial charge in [-0.15, -0.1) is 0 Å². The predicted molar refractivity (Wildman–Crippen MR) is 64.5 cm³/mol. The first-order valence-electron chi connectivity index (χ1n) is 5.31. The second-order valence-corrected chi connectivity index (χ2v) is 6.55. The number of hydrogen-bond acceptors (Lipinski definition) is 3. The third-order valence-corrected chi connectivity index (χ3v) is 5.52. The molecule has 1 aromatic rings. The lowest BCUT2D eigenvalue weighted by Crippen LogP contribution is -2.38. The Kier molecular flexibility index (Phi) is 3.52. The summed E-state index contributed by atoms with van der Waals surface area (Å²) in [6.07, 6.45) is 1.61. The van der Waals surface area contributed by atoms with Gasteiger partial charge in [0.15, 0.2) is 9.84 Å². The summed E-state index contributed by atoms with van der Waals surface area (Å²) in [5, 5.41) is 3.07. The third-order valence-electron chi connectivity index (χ3n) is 2.83. The van der Waals surface area contributed by atoms with E-state index < -0.39 is 9.84 Å². The highest BCUT2D eigenvalue weighted by molar-refractivity contribution is 7.92. The van der Waals surface area contributed by atoms with Crippen molar-refractivity contribution in [3.05, 3.63) is 29.3 Å². The van der Waals surface area contributed by atoms with E-state index in [1.165, 1.54) is 0 Å². The van der Waals surface area contributed by atoms with Crippen LogP contribution in [0.15, 0.2) is 29.2 Å². The molecule has 0 amide bonds. The normalized spacial score (nSPS) is 21.9. The SMILES string of the molecule is O=S(=O)(c1ccccc1Cl)C1CCCNC1. The molecule has 1 N–H and O–H groups in total. The van der Waals surface area contributed by atoms with Crippen LogP contribution in [-0.4, -0.2) is 26.8 Å². The molecular formula is C11H14ClNO2S. The van der Waals surface area contributed by atoms with E-state index >= 15 is 0 Å². The first-order chi connectivity index (χ1) is 7.62. The van der Waals surface area contributed by atoms with Crippen molar-refractivity contribution < 1.29 is 8.42 Å². The molecule has 1 unspecified atom stereocenters. The minimum Gasteiger partial charge on any atom is -0.315 e. The first kappa shape index (κ1) is 11.9. The lowest BCUT2D eigenvalue weighted by atomic mass is 10.2. The van der Waals surface area contributed by atoms with Gasteiger partial charge >= 0.3 is 0 Å². The van der Waals surface area contributed by atoms with Gasteiger partial charge in [0.1, 0.15) is 0 Å². The number of hydrogen-bond donors (Lipinski definition) is 1. The maximum absolute atomic E-state index is 12.3. The highest BCUT2D eigenvalue weighted by Crippen LogP contribution is 2.26. The molecule has 3 nitrogen and oxygen atoms in total. The largest absolute Gasteiger partial charge is 0.315 e. The number of nitrogens with one attached hydrogen (secondary N) is 1. The van der Waals surface area contributed by atoms with E-state index in [9.17, 15) is 8.42 Å². The maximum Gasteiger partial charge on any atom is 0.183 e. The number of benzene rings is 1. The molecule has 0 radical (unpaired) electrons. The van der Waals surface area contributed by atoms with Gasteiger partial charge in [-0.3, -0.25) is 0 Å². The molecule has 1 fully saturated rings. The second-order valence-electron chi connectivity index (χ2n) is 3.94. The van der Waals surface area contributed by atoms with E-state index in [0.717, 1.165) is 13.0 Å². The van der Waals surface area contributed by atoms with Crippen LogP contribution in [0.4, 0.5) is 0 Å². The van der Waals surface area contributed by atoms with Crippen molar-refractivity contribution in [2.45, 2.75) is 23.0 Å². The zero-order valence-electron chi connectivity index (χ0n) is 8.82. The molecule has 88 valence electrons. The number of halogens is 1. The van der Waals surface area contributed by atoms with Crippen LogP contribution in [0.1, 0.15) is 12.8 Å². The van der Waals surface area contributed by atoms with Gasteiger partial charge in [-0.1, -0.05) is 23.7 Å². The summed E-state index contributed by atoms with van der Waals surface area (Å²) in [5.41, 5.74) is 0. The van der Waals surface area contributed by atoms with Crippen molar-refractivity contribution in [2.24, 2.45) is 0 Å². The summed E-state index contributed by atoms with van der Waals surface area (Å²) in [4.78, 5) is 0.255.